The molecule has 0 saturated heterocycles. The Kier molecular flexibility index (Phi) is 4.53. The van der Waals surface area contributed by atoms with Gasteiger partial charge in [0.1, 0.15) is 0 Å². The van der Waals surface area contributed by atoms with Crippen LogP contribution in [0.1, 0.15) is 28.4 Å². The lowest BCUT2D eigenvalue weighted by Gasteiger charge is -2.04. The third-order valence-corrected chi connectivity index (χ3v) is 3.12. The predicted octanol–water partition coefficient (Wildman–Crippen LogP) is 3.80. The molecule has 0 atom stereocenters. The van der Waals surface area contributed by atoms with Crippen molar-refractivity contribution in [1.82, 2.24) is 5.43 Å². The molecule has 0 bridgehead atoms. The van der Waals surface area contributed by atoms with Gasteiger partial charge in [-0.2, -0.15) is 5.10 Å². The SMILES string of the molecule is C/C(=N\NC(=O)c1ccc(C)cc1)c1cccc(Cl)c1. The Balaban J connectivity index is 2.08. The Labute approximate surface area is 123 Å². The average molecular weight is 287 g/mol. The average Bonchev–Trinajstić information content (AvgIpc) is 2.45. The van der Waals surface area contributed by atoms with E-state index in [0.29, 0.717) is 16.3 Å². The summed E-state index contributed by atoms with van der Waals surface area (Å²) < 4.78 is 0. The highest BCUT2D eigenvalue weighted by atomic mass is 35.5. The van der Waals surface area contributed by atoms with Gasteiger partial charge in [-0.25, -0.2) is 5.43 Å². The number of halogens is 1. The van der Waals surface area contributed by atoms with E-state index in [1.54, 1.807) is 24.3 Å². The molecule has 2 aromatic rings. The van der Waals surface area contributed by atoms with Crippen molar-refractivity contribution in [2.24, 2.45) is 5.10 Å². The Bertz CT molecular complexity index is 648. The van der Waals surface area contributed by atoms with E-state index >= 15 is 0 Å². The molecule has 4 heteroatoms. The lowest BCUT2D eigenvalue weighted by molar-refractivity contribution is 0.0955. The molecule has 0 fully saturated rings. The number of nitrogens with zero attached hydrogens (tertiary/aromatic N) is 1. The fraction of sp³-hybridized carbons (Fsp3) is 0.125. The second kappa shape index (κ2) is 6.35. The molecule has 0 aliphatic heterocycles. The number of benzene rings is 2. The maximum absolute atomic E-state index is 11.9. The molecule has 2 rings (SSSR count). The summed E-state index contributed by atoms with van der Waals surface area (Å²) in [6, 6.07) is 14.7. The first-order chi connectivity index (χ1) is 9.56. The van der Waals surface area contributed by atoms with Crippen LogP contribution in [0.25, 0.3) is 0 Å². The minimum absolute atomic E-state index is 0.230. The first kappa shape index (κ1) is 14.3. The van der Waals surface area contributed by atoms with Gasteiger partial charge in [0.25, 0.3) is 5.91 Å². The van der Waals surface area contributed by atoms with Crippen molar-refractivity contribution in [3.63, 3.8) is 0 Å². The van der Waals surface area contributed by atoms with Gasteiger partial charge in [0, 0.05) is 10.6 Å². The van der Waals surface area contributed by atoms with Crippen molar-refractivity contribution in [3.8, 4) is 0 Å². The molecule has 0 spiro atoms. The summed E-state index contributed by atoms with van der Waals surface area (Å²) in [5.41, 5.74) is 5.81. The van der Waals surface area contributed by atoms with E-state index in [-0.39, 0.29) is 5.91 Å². The highest BCUT2D eigenvalue weighted by Gasteiger charge is 2.04. The first-order valence-electron chi connectivity index (χ1n) is 6.23. The van der Waals surface area contributed by atoms with Gasteiger partial charge in [-0.05, 0) is 43.7 Å². The summed E-state index contributed by atoms with van der Waals surface area (Å²) in [6.45, 7) is 3.80. The summed E-state index contributed by atoms with van der Waals surface area (Å²) in [7, 11) is 0. The van der Waals surface area contributed by atoms with Gasteiger partial charge in [-0.15, -0.1) is 0 Å². The maximum Gasteiger partial charge on any atom is 0.271 e. The summed E-state index contributed by atoms with van der Waals surface area (Å²) in [6.07, 6.45) is 0. The normalized spacial score (nSPS) is 11.2. The van der Waals surface area contributed by atoms with E-state index in [0.717, 1.165) is 11.1 Å². The lowest BCUT2D eigenvalue weighted by atomic mass is 10.1. The Morgan fingerprint density at radius 1 is 1.10 bits per heavy atom. The van der Waals surface area contributed by atoms with Gasteiger partial charge in [-0.3, -0.25) is 4.79 Å². The van der Waals surface area contributed by atoms with Crippen LogP contribution in [0.2, 0.25) is 5.02 Å². The molecule has 0 radical (unpaired) electrons. The molecule has 1 N–H and O–H groups in total. The second-order valence-corrected chi connectivity index (χ2v) is 4.95. The minimum Gasteiger partial charge on any atom is -0.267 e. The largest absolute Gasteiger partial charge is 0.271 e. The third-order valence-electron chi connectivity index (χ3n) is 2.88. The van der Waals surface area contributed by atoms with Gasteiger partial charge >= 0.3 is 0 Å². The first-order valence-corrected chi connectivity index (χ1v) is 6.61. The highest BCUT2D eigenvalue weighted by Crippen LogP contribution is 2.11. The van der Waals surface area contributed by atoms with Gasteiger partial charge < -0.3 is 0 Å². The number of hydrogen-bond acceptors (Lipinski definition) is 2. The smallest absolute Gasteiger partial charge is 0.267 e. The van der Waals surface area contributed by atoms with Crippen LogP contribution >= 0.6 is 11.6 Å². The number of carbonyl (C=O) groups is 1. The standard InChI is InChI=1S/C16H15ClN2O/c1-11-6-8-13(9-7-11)16(20)19-18-12(2)14-4-3-5-15(17)10-14/h3-10H,1-2H3,(H,19,20)/b18-12+. The molecule has 0 heterocycles. The second-order valence-electron chi connectivity index (χ2n) is 4.51. The van der Waals surface area contributed by atoms with Crippen LogP contribution < -0.4 is 5.43 Å². The predicted molar refractivity (Wildman–Crippen MR) is 82.3 cm³/mol. The zero-order chi connectivity index (χ0) is 14.5. The molecular weight excluding hydrogens is 272 g/mol. The topological polar surface area (TPSA) is 41.5 Å². The van der Waals surface area contributed by atoms with Crippen molar-refractivity contribution >= 4 is 23.2 Å². The van der Waals surface area contributed by atoms with Crippen LogP contribution in [0.5, 0.6) is 0 Å². The van der Waals surface area contributed by atoms with Crippen LogP contribution in [0, 0.1) is 6.92 Å². The highest BCUT2D eigenvalue weighted by molar-refractivity contribution is 6.31. The fourth-order valence-electron chi connectivity index (χ4n) is 1.68. The fourth-order valence-corrected chi connectivity index (χ4v) is 1.87. The number of rotatable bonds is 3. The van der Waals surface area contributed by atoms with Gasteiger partial charge in [-0.1, -0.05) is 41.4 Å². The van der Waals surface area contributed by atoms with Crippen molar-refractivity contribution in [3.05, 3.63) is 70.2 Å². The van der Waals surface area contributed by atoms with Crippen molar-refractivity contribution < 1.29 is 4.79 Å². The van der Waals surface area contributed by atoms with Gasteiger partial charge in [0.05, 0.1) is 5.71 Å². The maximum atomic E-state index is 11.9. The zero-order valence-electron chi connectivity index (χ0n) is 11.4. The number of nitrogens with one attached hydrogen (secondary N) is 1. The molecule has 3 nitrogen and oxygen atoms in total. The molecule has 20 heavy (non-hydrogen) atoms. The van der Waals surface area contributed by atoms with E-state index in [1.807, 2.05) is 38.1 Å². The zero-order valence-corrected chi connectivity index (χ0v) is 12.1. The van der Waals surface area contributed by atoms with E-state index in [1.165, 1.54) is 0 Å². The number of aryl methyl sites for hydroxylation is 1. The molecular formula is C16H15ClN2O. The van der Waals surface area contributed by atoms with Crippen LogP contribution in [0.3, 0.4) is 0 Å². The molecule has 102 valence electrons. The van der Waals surface area contributed by atoms with Crippen LogP contribution in [-0.4, -0.2) is 11.6 Å². The van der Waals surface area contributed by atoms with Crippen molar-refractivity contribution in [2.75, 3.05) is 0 Å². The van der Waals surface area contributed by atoms with Gasteiger partial charge in [0.15, 0.2) is 0 Å². The summed E-state index contributed by atoms with van der Waals surface area (Å²) in [4.78, 5) is 11.9. The molecule has 0 saturated carbocycles. The molecule has 0 aromatic heterocycles. The molecule has 0 aliphatic carbocycles. The monoisotopic (exact) mass is 286 g/mol. The van der Waals surface area contributed by atoms with E-state index in [9.17, 15) is 4.79 Å². The summed E-state index contributed by atoms with van der Waals surface area (Å²) >= 11 is 5.92. The number of amides is 1. The van der Waals surface area contributed by atoms with Crippen LogP contribution in [0.4, 0.5) is 0 Å². The lowest BCUT2D eigenvalue weighted by Crippen LogP contribution is -2.19. The Hall–Kier alpha value is -2.13. The molecule has 2 aromatic carbocycles. The number of hydrazone groups is 1. The van der Waals surface area contributed by atoms with Gasteiger partial charge in [0.2, 0.25) is 0 Å². The van der Waals surface area contributed by atoms with Crippen LogP contribution in [-0.2, 0) is 0 Å². The number of hydrogen-bond donors (Lipinski definition) is 1. The summed E-state index contributed by atoms with van der Waals surface area (Å²) in [5.74, 6) is -0.230. The quantitative estimate of drug-likeness (QED) is 0.677. The third kappa shape index (κ3) is 3.68. The Morgan fingerprint density at radius 3 is 2.45 bits per heavy atom. The van der Waals surface area contributed by atoms with E-state index in [2.05, 4.69) is 10.5 Å². The Morgan fingerprint density at radius 2 is 1.80 bits per heavy atom. The minimum atomic E-state index is -0.230. The molecule has 0 unspecified atom stereocenters. The van der Waals surface area contributed by atoms with Crippen LogP contribution in [0.15, 0.2) is 53.6 Å². The molecule has 0 aliphatic rings. The number of carbonyl (C=O) groups excluding carboxylic acids is 1. The van der Waals surface area contributed by atoms with Crippen molar-refractivity contribution in [1.29, 1.82) is 0 Å². The van der Waals surface area contributed by atoms with E-state index < -0.39 is 0 Å². The van der Waals surface area contributed by atoms with Crippen molar-refractivity contribution in [2.45, 2.75) is 13.8 Å². The molecule has 1 amide bonds. The summed E-state index contributed by atoms with van der Waals surface area (Å²) in [5, 5.41) is 4.73. The van der Waals surface area contributed by atoms with E-state index in [4.69, 9.17) is 11.6 Å².